The summed E-state index contributed by atoms with van der Waals surface area (Å²) in [7, 11) is 0. The Morgan fingerprint density at radius 1 is 0.833 bits per heavy atom. The molecular weight excluding hydrogens is 292 g/mol. The Morgan fingerprint density at radius 3 is 2.21 bits per heavy atom. The summed E-state index contributed by atoms with van der Waals surface area (Å²) in [5.41, 5.74) is 0.520. The standard InChI is InChI=1S/C23H40O/c1-15-10-12-22(4)16(14-15)6-7-17-18-8-9-20(21(2,3)24)23(18,5)13-11-19(17)22/h15-20,24H,6-14H2,1-5H3/t15-,16?,17-,18-,19?,20+,22-,23-/m0/s1. The Labute approximate surface area is 150 Å². The van der Waals surface area contributed by atoms with Gasteiger partial charge in [0, 0.05) is 0 Å². The summed E-state index contributed by atoms with van der Waals surface area (Å²) in [4.78, 5) is 0. The normalized spacial score (nSPS) is 54.8. The highest BCUT2D eigenvalue weighted by molar-refractivity contribution is 5.10. The molecule has 0 saturated heterocycles. The molecule has 4 rings (SSSR count). The molecular formula is C23H40O. The molecule has 0 heterocycles. The van der Waals surface area contributed by atoms with E-state index in [9.17, 15) is 5.11 Å². The van der Waals surface area contributed by atoms with Gasteiger partial charge < -0.3 is 5.11 Å². The highest BCUT2D eigenvalue weighted by atomic mass is 16.3. The zero-order chi connectivity index (χ0) is 17.3. The molecule has 1 N–H and O–H groups in total. The van der Waals surface area contributed by atoms with Crippen molar-refractivity contribution < 1.29 is 5.11 Å². The Morgan fingerprint density at radius 2 is 1.50 bits per heavy atom. The molecule has 0 amide bonds. The fraction of sp³-hybridized carbons (Fsp3) is 1.00. The highest BCUT2D eigenvalue weighted by Gasteiger charge is 2.61. The lowest BCUT2D eigenvalue weighted by Crippen LogP contribution is -2.54. The smallest absolute Gasteiger partial charge is 0.0625 e. The molecule has 1 heteroatoms. The third-order valence-electron chi connectivity index (χ3n) is 9.78. The van der Waals surface area contributed by atoms with E-state index < -0.39 is 5.60 Å². The van der Waals surface area contributed by atoms with Crippen molar-refractivity contribution in [2.45, 2.75) is 98.0 Å². The molecule has 4 saturated carbocycles. The van der Waals surface area contributed by atoms with Crippen molar-refractivity contribution >= 4 is 0 Å². The van der Waals surface area contributed by atoms with Crippen molar-refractivity contribution in [2.75, 3.05) is 0 Å². The van der Waals surface area contributed by atoms with Crippen LogP contribution in [-0.4, -0.2) is 10.7 Å². The summed E-state index contributed by atoms with van der Waals surface area (Å²) in [6.07, 6.45) is 12.8. The van der Waals surface area contributed by atoms with Crippen LogP contribution in [0.3, 0.4) is 0 Å². The lowest BCUT2D eigenvalue weighted by atomic mass is 9.44. The third kappa shape index (κ3) is 2.36. The fourth-order valence-corrected chi connectivity index (χ4v) is 8.63. The maximum Gasteiger partial charge on any atom is 0.0625 e. The summed E-state index contributed by atoms with van der Waals surface area (Å²) < 4.78 is 0. The second-order valence-corrected chi connectivity index (χ2v) is 11.4. The molecule has 8 atom stereocenters. The van der Waals surface area contributed by atoms with Gasteiger partial charge in [0.25, 0.3) is 0 Å². The molecule has 0 aliphatic heterocycles. The number of aliphatic hydroxyl groups is 1. The zero-order valence-electron chi connectivity index (χ0n) is 16.8. The largest absolute Gasteiger partial charge is 0.390 e. The molecule has 138 valence electrons. The average molecular weight is 333 g/mol. The zero-order valence-corrected chi connectivity index (χ0v) is 16.8. The van der Waals surface area contributed by atoms with E-state index in [4.69, 9.17) is 0 Å². The SMILES string of the molecule is C[C@H]1CC[C@@]2(C)C(CC[C@@H]3C2CC[C@]2(C)[C@@H](C(C)(C)O)CC[C@@H]32)C1. The minimum atomic E-state index is -0.502. The summed E-state index contributed by atoms with van der Waals surface area (Å²) >= 11 is 0. The maximum atomic E-state index is 10.8. The van der Waals surface area contributed by atoms with Gasteiger partial charge in [-0.1, -0.05) is 27.2 Å². The van der Waals surface area contributed by atoms with Gasteiger partial charge in [0.2, 0.25) is 0 Å². The van der Waals surface area contributed by atoms with E-state index >= 15 is 0 Å². The van der Waals surface area contributed by atoms with Gasteiger partial charge >= 0.3 is 0 Å². The quantitative estimate of drug-likeness (QED) is 0.619. The topological polar surface area (TPSA) is 20.2 Å². The summed E-state index contributed by atoms with van der Waals surface area (Å²) in [6.45, 7) is 11.8. The van der Waals surface area contributed by atoms with Crippen LogP contribution in [0, 0.1) is 46.3 Å². The van der Waals surface area contributed by atoms with Crippen LogP contribution >= 0.6 is 0 Å². The Balaban J connectivity index is 1.61. The molecule has 2 unspecified atom stereocenters. The van der Waals surface area contributed by atoms with Gasteiger partial charge in [-0.05, 0) is 112 Å². The molecule has 24 heavy (non-hydrogen) atoms. The van der Waals surface area contributed by atoms with E-state index in [1.165, 1.54) is 57.8 Å². The van der Waals surface area contributed by atoms with E-state index in [1.807, 2.05) is 0 Å². The third-order valence-corrected chi connectivity index (χ3v) is 9.78. The second kappa shape index (κ2) is 5.48. The lowest BCUT2D eigenvalue weighted by Gasteiger charge is -2.61. The van der Waals surface area contributed by atoms with E-state index in [0.717, 1.165) is 29.6 Å². The number of hydrogen-bond donors (Lipinski definition) is 1. The number of hydrogen-bond acceptors (Lipinski definition) is 1. The summed E-state index contributed by atoms with van der Waals surface area (Å²) in [5.74, 6) is 5.27. The van der Waals surface area contributed by atoms with E-state index in [2.05, 4.69) is 34.6 Å². The van der Waals surface area contributed by atoms with Crippen molar-refractivity contribution in [1.82, 2.24) is 0 Å². The minimum absolute atomic E-state index is 0.393. The van der Waals surface area contributed by atoms with Crippen LogP contribution < -0.4 is 0 Å². The van der Waals surface area contributed by atoms with Crippen LogP contribution in [0.4, 0.5) is 0 Å². The fourth-order valence-electron chi connectivity index (χ4n) is 8.63. The van der Waals surface area contributed by atoms with Crippen LogP contribution in [0.5, 0.6) is 0 Å². The molecule has 0 radical (unpaired) electrons. The van der Waals surface area contributed by atoms with Crippen LogP contribution in [0.25, 0.3) is 0 Å². The molecule has 4 fully saturated rings. The number of fused-ring (bicyclic) bond motifs is 5. The first kappa shape index (κ1) is 17.4. The number of rotatable bonds is 1. The van der Waals surface area contributed by atoms with Gasteiger partial charge in [0.15, 0.2) is 0 Å². The molecule has 0 aromatic heterocycles. The van der Waals surface area contributed by atoms with Crippen molar-refractivity contribution in [3.05, 3.63) is 0 Å². The van der Waals surface area contributed by atoms with Gasteiger partial charge in [-0.3, -0.25) is 0 Å². The molecule has 0 bridgehead atoms. The highest BCUT2D eigenvalue weighted by Crippen LogP contribution is 2.68. The van der Waals surface area contributed by atoms with E-state index in [0.29, 0.717) is 16.7 Å². The summed E-state index contributed by atoms with van der Waals surface area (Å²) in [5, 5.41) is 10.8. The molecule has 0 spiro atoms. The minimum Gasteiger partial charge on any atom is -0.390 e. The van der Waals surface area contributed by atoms with Gasteiger partial charge in [-0.2, -0.15) is 0 Å². The summed E-state index contributed by atoms with van der Waals surface area (Å²) in [6, 6.07) is 0. The van der Waals surface area contributed by atoms with Crippen LogP contribution in [0.1, 0.15) is 92.4 Å². The first-order valence-corrected chi connectivity index (χ1v) is 10.9. The van der Waals surface area contributed by atoms with E-state index in [1.54, 1.807) is 0 Å². The molecule has 0 aromatic rings. The van der Waals surface area contributed by atoms with Gasteiger partial charge in [0.05, 0.1) is 5.60 Å². The lowest BCUT2D eigenvalue weighted by molar-refractivity contribution is -0.134. The van der Waals surface area contributed by atoms with Crippen LogP contribution in [0.2, 0.25) is 0 Å². The van der Waals surface area contributed by atoms with Gasteiger partial charge in [-0.25, -0.2) is 0 Å². The first-order chi connectivity index (χ1) is 11.2. The molecule has 1 nitrogen and oxygen atoms in total. The first-order valence-electron chi connectivity index (χ1n) is 10.9. The maximum absolute atomic E-state index is 10.8. The van der Waals surface area contributed by atoms with Gasteiger partial charge in [-0.15, -0.1) is 0 Å². The molecule has 0 aromatic carbocycles. The predicted octanol–water partition coefficient (Wildman–Crippen LogP) is 6.05. The average Bonchev–Trinajstić information content (AvgIpc) is 2.85. The second-order valence-electron chi connectivity index (χ2n) is 11.4. The Hall–Kier alpha value is -0.0400. The van der Waals surface area contributed by atoms with Crippen LogP contribution in [-0.2, 0) is 0 Å². The predicted molar refractivity (Wildman–Crippen MR) is 101 cm³/mol. The van der Waals surface area contributed by atoms with Gasteiger partial charge in [0.1, 0.15) is 0 Å². The van der Waals surface area contributed by atoms with Crippen molar-refractivity contribution in [3.8, 4) is 0 Å². The Kier molecular flexibility index (Phi) is 3.97. The Bertz CT molecular complexity index is 491. The molecule has 4 aliphatic carbocycles. The molecule has 4 aliphatic rings. The monoisotopic (exact) mass is 332 g/mol. The van der Waals surface area contributed by atoms with Crippen molar-refractivity contribution in [1.29, 1.82) is 0 Å². The van der Waals surface area contributed by atoms with Crippen molar-refractivity contribution in [3.63, 3.8) is 0 Å². The van der Waals surface area contributed by atoms with E-state index in [-0.39, 0.29) is 0 Å². The van der Waals surface area contributed by atoms with Crippen LogP contribution in [0.15, 0.2) is 0 Å². The van der Waals surface area contributed by atoms with Crippen molar-refractivity contribution in [2.24, 2.45) is 46.3 Å².